The number of halogens is 1. The first kappa shape index (κ1) is 19.9. The number of carbonyl (C=O) groups excluding carboxylic acids is 2. The average Bonchev–Trinajstić information content (AvgIpc) is 3.04. The molecule has 0 aromatic heterocycles. The molecule has 4 rings (SSSR count). The molecule has 0 N–H and O–H groups in total. The predicted octanol–water partition coefficient (Wildman–Crippen LogP) is 2.80. The SMILES string of the molecule is COc1ccc(N2C(=O)CC(N3CCN(Cc4ccccc4Cl)CC3)C2=O)cc1. The highest BCUT2D eigenvalue weighted by Gasteiger charge is 2.43. The zero-order valence-electron chi connectivity index (χ0n) is 16.4. The predicted molar refractivity (Wildman–Crippen MR) is 112 cm³/mol. The van der Waals surface area contributed by atoms with E-state index < -0.39 is 0 Å². The van der Waals surface area contributed by atoms with Gasteiger partial charge in [0.25, 0.3) is 5.91 Å². The fourth-order valence-corrected chi connectivity index (χ4v) is 4.20. The number of anilines is 1. The van der Waals surface area contributed by atoms with Gasteiger partial charge >= 0.3 is 0 Å². The lowest BCUT2D eigenvalue weighted by atomic mass is 10.1. The van der Waals surface area contributed by atoms with E-state index in [4.69, 9.17) is 16.3 Å². The Morgan fingerprint density at radius 1 is 1.00 bits per heavy atom. The van der Waals surface area contributed by atoms with Crippen molar-refractivity contribution in [3.8, 4) is 5.75 Å². The molecule has 152 valence electrons. The Morgan fingerprint density at radius 2 is 1.69 bits per heavy atom. The Kier molecular flexibility index (Phi) is 5.85. The lowest BCUT2D eigenvalue weighted by molar-refractivity contribution is -0.123. The molecule has 2 aliphatic heterocycles. The summed E-state index contributed by atoms with van der Waals surface area (Å²) in [5.41, 5.74) is 1.71. The molecule has 2 aromatic carbocycles. The second-order valence-corrected chi connectivity index (χ2v) is 7.80. The van der Waals surface area contributed by atoms with Crippen LogP contribution < -0.4 is 9.64 Å². The minimum Gasteiger partial charge on any atom is -0.497 e. The third-order valence-corrected chi connectivity index (χ3v) is 6.02. The molecular formula is C22H24ClN3O3. The Labute approximate surface area is 175 Å². The Hall–Kier alpha value is -2.41. The number of piperazine rings is 1. The van der Waals surface area contributed by atoms with Crippen LogP contribution in [0.3, 0.4) is 0 Å². The molecule has 0 saturated carbocycles. The molecule has 2 heterocycles. The van der Waals surface area contributed by atoms with Gasteiger partial charge in [-0.1, -0.05) is 29.8 Å². The van der Waals surface area contributed by atoms with E-state index in [0.29, 0.717) is 11.4 Å². The van der Waals surface area contributed by atoms with Crippen LogP contribution in [-0.4, -0.2) is 60.9 Å². The number of amides is 2. The fraction of sp³-hybridized carbons (Fsp3) is 0.364. The van der Waals surface area contributed by atoms with Crippen LogP contribution in [0.1, 0.15) is 12.0 Å². The van der Waals surface area contributed by atoms with Gasteiger partial charge in [-0.15, -0.1) is 0 Å². The van der Waals surface area contributed by atoms with Crippen LogP contribution in [0.15, 0.2) is 48.5 Å². The summed E-state index contributed by atoms with van der Waals surface area (Å²) in [5, 5.41) is 0.779. The van der Waals surface area contributed by atoms with E-state index in [1.54, 1.807) is 31.4 Å². The monoisotopic (exact) mass is 413 g/mol. The summed E-state index contributed by atoms with van der Waals surface area (Å²) in [4.78, 5) is 31.3. The third-order valence-electron chi connectivity index (χ3n) is 5.65. The molecule has 0 spiro atoms. The van der Waals surface area contributed by atoms with Crippen LogP contribution in [-0.2, 0) is 16.1 Å². The molecular weight excluding hydrogens is 390 g/mol. The van der Waals surface area contributed by atoms with Gasteiger partial charge in [0.15, 0.2) is 0 Å². The summed E-state index contributed by atoms with van der Waals surface area (Å²) in [5.74, 6) is 0.405. The third kappa shape index (κ3) is 4.15. The Morgan fingerprint density at radius 3 is 2.34 bits per heavy atom. The summed E-state index contributed by atoms with van der Waals surface area (Å²) >= 11 is 6.27. The summed E-state index contributed by atoms with van der Waals surface area (Å²) in [7, 11) is 1.59. The molecule has 2 fully saturated rings. The van der Waals surface area contributed by atoms with Crippen LogP contribution in [0.4, 0.5) is 5.69 Å². The minimum absolute atomic E-state index is 0.139. The van der Waals surface area contributed by atoms with Gasteiger partial charge in [0.2, 0.25) is 5.91 Å². The van der Waals surface area contributed by atoms with Crippen LogP contribution in [0.2, 0.25) is 5.02 Å². The van der Waals surface area contributed by atoms with Gasteiger partial charge in [0.1, 0.15) is 5.75 Å². The van der Waals surface area contributed by atoms with Crippen LogP contribution in [0, 0.1) is 0 Å². The normalized spacial score (nSPS) is 21.0. The van der Waals surface area contributed by atoms with Gasteiger partial charge in [-0.2, -0.15) is 0 Å². The molecule has 0 aliphatic carbocycles. The maximum Gasteiger partial charge on any atom is 0.251 e. The first-order valence-electron chi connectivity index (χ1n) is 9.77. The Balaban J connectivity index is 1.38. The van der Waals surface area contributed by atoms with Crippen molar-refractivity contribution in [2.24, 2.45) is 0 Å². The summed E-state index contributed by atoms with van der Waals surface area (Å²) in [6, 6.07) is 14.5. The van der Waals surface area contributed by atoms with Gasteiger partial charge in [-0.05, 0) is 35.9 Å². The molecule has 6 nitrogen and oxygen atoms in total. The van der Waals surface area contributed by atoms with E-state index >= 15 is 0 Å². The highest BCUT2D eigenvalue weighted by Crippen LogP contribution is 2.28. The first-order valence-corrected chi connectivity index (χ1v) is 10.2. The smallest absolute Gasteiger partial charge is 0.251 e. The van der Waals surface area contributed by atoms with Gasteiger partial charge in [0.05, 0.1) is 25.3 Å². The summed E-state index contributed by atoms with van der Waals surface area (Å²) in [6.45, 7) is 3.98. The number of imide groups is 1. The van der Waals surface area contributed by atoms with Crippen molar-refractivity contribution in [3.63, 3.8) is 0 Å². The van der Waals surface area contributed by atoms with E-state index in [1.165, 1.54) is 4.90 Å². The van der Waals surface area contributed by atoms with Crippen molar-refractivity contribution in [1.29, 1.82) is 0 Å². The van der Waals surface area contributed by atoms with Crippen molar-refractivity contribution in [1.82, 2.24) is 9.80 Å². The summed E-state index contributed by atoms with van der Waals surface area (Å²) in [6.07, 6.45) is 0.232. The average molecular weight is 414 g/mol. The quantitative estimate of drug-likeness (QED) is 0.705. The molecule has 2 saturated heterocycles. The zero-order chi connectivity index (χ0) is 20.4. The molecule has 1 unspecified atom stereocenters. The van der Waals surface area contributed by atoms with E-state index in [0.717, 1.165) is 43.3 Å². The molecule has 2 aliphatic rings. The first-order chi connectivity index (χ1) is 14.1. The number of nitrogens with zero attached hydrogens (tertiary/aromatic N) is 3. The topological polar surface area (TPSA) is 53.1 Å². The number of rotatable bonds is 5. The zero-order valence-corrected chi connectivity index (χ0v) is 17.1. The van der Waals surface area contributed by atoms with Crippen molar-refractivity contribution in [2.75, 3.05) is 38.2 Å². The fourth-order valence-electron chi connectivity index (χ4n) is 4.00. The van der Waals surface area contributed by atoms with Gasteiger partial charge in [0, 0.05) is 37.7 Å². The van der Waals surface area contributed by atoms with Gasteiger partial charge in [-0.3, -0.25) is 19.4 Å². The maximum atomic E-state index is 13.0. The second-order valence-electron chi connectivity index (χ2n) is 7.39. The number of hydrogen-bond acceptors (Lipinski definition) is 5. The van der Waals surface area contributed by atoms with Crippen LogP contribution >= 0.6 is 11.6 Å². The molecule has 1 atom stereocenters. The van der Waals surface area contributed by atoms with E-state index in [1.807, 2.05) is 24.3 Å². The minimum atomic E-state index is -0.382. The highest BCUT2D eigenvalue weighted by atomic mass is 35.5. The van der Waals surface area contributed by atoms with Crippen molar-refractivity contribution in [2.45, 2.75) is 19.0 Å². The van der Waals surface area contributed by atoms with E-state index in [2.05, 4.69) is 9.80 Å². The number of methoxy groups -OCH3 is 1. The molecule has 2 aromatic rings. The lowest BCUT2D eigenvalue weighted by Gasteiger charge is -2.37. The van der Waals surface area contributed by atoms with Gasteiger partial charge < -0.3 is 4.74 Å². The van der Waals surface area contributed by atoms with Crippen molar-refractivity contribution >= 4 is 29.1 Å². The standard InChI is InChI=1S/C22H24ClN3O3/c1-29-18-8-6-17(7-9-18)26-21(27)14-20(22(26)28)25-12-10-24(11-13-25)15-16-4-2-3-5-19(16)23/h2-9,20H,10-15H2,1H3. The molecule has 2 amide bonds. The highest BCUT2D eigenvalue weighted by molar-refractivity contribution is 6.31. The molecule has 0 radical (unpaired) electrons. The molecule has 7 heteroatoms. The number of carbonyl (C=O) groups is 2. The maximum absolute atomic E-state index is 13.0. The Bertz CT molecular complexity index is 894. The number of hydrogen-bond donors (Lipinski definition) is 0. The van der Waals surface area contributed by atoms with Gasteiger partial charge in [-0.25, -0.2) is 4.90 Å². The van der Waals surface area contributed by atoms with Crippen LogP contribution in [0.5, 0.6) is 5.75 Å². The van der Waals surface area contributed by atoms with E-state index in [9.17, 15) is 9.59 Å². The van der Waals surface area contributed by atoms with Crippen LogP contribution in [0.25, 0.3) is 0 Å². The number of ether oxygens (including phenoxy) is 1. The summed E-state index contributed by atoms with van der Waals surface area (Å²) < 4.78 is 5.15. The van der Waals surface area contributed by atoms with E-state index in [-0.39, 0.29) is 24.3 Å². The molecule has 29 heavy (non-hydrogen) atoms. The largest absolute Gasteiger partial charge is 0.497 e. The lowest BCUT2D eigenvalue weighted by Crippen LogP contribution is -2.52. The molecule has 0 bridgehead atoms. The number of benzene rings is 2. The van der Waals surface area contributed by atoms with Crippen molar-refractivity contribution in [3.05, 3.63) is 59.1 Å². The second kappa shape index (κ2) is 8.53. The van der Waals surface area contributed by atoms with Crippen molar-refractivity contribution < 1.29 is 14.3 Å².